The number of benzene rings is 1. The summed E-state index contributed by atoms with van der Waals surface area (Å²) in [6, 6.07) is 5.78. The van der Waals surface area contributed by atoms with Crippen molar-refractivity contribution in [2.75, 3.05) is 32.4 Å². The van der Waals surface area contributed by atoms with E-state index in [0.717, 1.165) is 23.4 Å². The number of piperazine rings is 1. The lowest BCUT2D eigenvalue weighted by Crippen LogP contribution is -2.48. The zero-order valence-electron chi connectivity index (χ0n) is 15.3. The van der Waals surface area contributed by atoms with Crippen LogP contribution in [-0.4, -0.2) is 63.5 Å². The molecule has 1 saturated heterocycles. The summed E-state index contributed by atoms with van der Waals surface area (Å²) in [4.78, 5) is 6.43. The summed E-state index contributed by atoms with van der Waals surface area (Å²) in [5.41, 5.74) is 1.01. The van der Waals surface area contributed by atoms with Crippen LogP contribution in [0.2, 0.25) is 0 Å². The van der Waals surface area contributed by atoms with Gasteiger partial charge in [-0.3, -0.25) is 4.90 Å². The van der Waals surface area contributed by atoms with E-state index in [1.165, 1.54) is 22.5 Å². The van der Waals surface area contributed by atoms with Crippen molar-refractivity contribution in [1.29, 1.82) is 0 Å². The Balaban J connectivity index is 1.72. The number of sulfone groups is 1. The third kappa shape index (κ3) is 4.57. The molecule has 2 heterocycles. The third-order valence-electron chi connectivity index (χ3n) is 4.49. The summed E-state index contributed by atoms with van der Waals surface area (Å²) >= 11 is 1.64. The van der Waals surface area contributed by atoms with Gasteiger partial charge in [-0.15, -0.1) is 11.3 Å². The Morgan fingerprint density at radius 1 is 1.04 bits per heavy atom. The fourth-order valence-electron chi connectivity index (χ4n) is 3.05. The van der Waals surface area contributed by atoms with E-state index >= 15 is 0 Å². The molecule has 1 aromatic heterocycles. The minimum absolute atomic E-state index is 0.145. The van der Waals surface area contributed by atoms with E-state index in [1.807, 2.05) is 5.38 Å². The van der Waals surface area contributed by atoms with Crippen LogP contribution in [0.4, 0.5) is 0 Å². The molecule has 148 valence electrons. The monoisotopic (exact) mass is 429 g/mol. The van der Waals surface area contributed by atoms with Gasteiger partial charge in [-0.2, -0.15) is 4.31 Å². The molecule has 3 rings (SSSR count). The molecule has 0 spiro atoms. The summed E-state index contributed by atoms with van der Waals surface area (Å²) in [5, 5.41) is 3.15. The van der Waals surface area contributed by atoms with Gasteiger partial charge in [0.25, 0.3) is 0 Å². The first-order valence-corrected chi connectivity index (χ1v) is 12.9. The standard InChI is InChI=1S/C17H23N3O4S3/c1-3-17-18-14(13-25-17)12-19-8-10-20(11-9-19)27(23,24)16-7-5-4-6-15(16)26(2,21)22/h4-7,13H,3,8-12H2,1-2H3. The van der Waals surface area contributed by atoms with E-state index < -0.39 is 19.9 Å². The highest BCUT2D eigenvalue weighted by Crippen LogP contribution is 2.25. The number of nitrogens with zero attached hydrogens (tertiary/aromatic N) is 3. The van der Waals surface area contributed by atoms with Gasteiger partial charge in [0.05, 0.1) is 15.6 Å². The van der Waals surface area contributed by atoms with Crippen LogP contribution in [0, 0.1) is 0 Å². The van der Waals surface area contributed by atoms with Gasteiger partial charge in [0, 0.05) is 44.4 Å². The summed E-state index contributed by atoms with van der Waals surface area (Å²) in [7, 11) is -7.49. The highest BCUT2D eigenvalue weighted by molar-refractivity contribution is 7.93. The van der Waals surface area contributed by atoms with Crippen molar-refractivity contribution in [3.05, 3.63) is 40.3 Å². The molecule has 1 aromatic carbocycles. The molecule has 1 fully saturated rings. The number of aryl methyl sites for hydroxylation is 1. The van der Waals surface area contributed by atoms with E-state index in [2.05, 4.69) is 16.8 Å². The van der Waals surface area contributed by atoms with Crippen LogP contribution in [0.3, 0.4) is 0 Å². The number of hydrogen-bond donors (Lipinski definition) is 0. The first kappa shape index (κ1) is 20.4. The average Bonchev–Trinajstić information content (AvgIpc) is 3.09. The highest BCUT2D eigenvalue weighted by Gasteiger charge is 2.32. The SMILES string of the molecule is CCc1nc(CN2CCN(S(=O)(=O)c3ccccc3S(C)(=O)=O)CC2)cs1. The molecule has 0 aliphatic carbocycles. The predicted molar refractivity (Wildman–Crippen MR) is 105 cm³/mol. The Morgan fingerprint density at radius 2 is 1.67 bits per heavy atom. The lowest BCUT2D eigenvalue weighted by atomic mass is 10.3. The van der Waals surface area contributed by atoms with Gasteiger partial charge in [-0.1, -0.05) is 19.1 Å². The minimum atomic E-state index is -3.86. The molecule has 27 heavy (non-hydrogen) atoms. The van der Waals surface area contributed by atoms with Crippen LogP contribution in [-0.2, 0) is 32.8 Å². The normalized spacial score (nSPS) is 17.3. The van der Waals surface area contributed by atoms with Crippen LogP contribution >= 0.6 is 11.3 Å². The van der Waals surface area contributed by atoms with Crippen molar-refractivity contribution in [3.63, 3.8) is 0 Å². The van der Waals surface area contributed by atoms with E-state index in [0.29, 0.717) is 32.7 Å². The Labute approximate surface area is 164 Å². The maximum Gasteiger partial charge on any atom is 0.244 e. The van der Waals surface area contributed by atoms with Crippen LogP contribution in [0.15, 0.2) is 39.4 Å². The van der Waals surface area contributed by atoms with Crippen LogP contribution in [0.1, 0.15) is 17.6 Å². The molecule has 1 aliphatic heterocycles. The largest absolute Gasteiger partial charge is 0.295 e. The Morgan fingerprint density at radius 3 is 2.22 bits per heavy atom. The minimum Gasteiger partial charge on any atom is -0.295 e. The molecule has 2 aromatic rings. The smallest absolute Gasteiger partial charge is 0.244 e. The summed E-state index contributed by atoms with van der Waals surface area (Å²) in [5.74, 6) is 0. The first-order valence-electron chi connectivity index (χ1n) is 8.66. The molecule has 7 nitrogen and oxygen atoms in total. The Hall–Kier alpha value is -1.33. The van der Waals surface area contributed by atoms with E-state index in [-0.39, 0.29) is 9.79 Å². The number of sulfonamides is 1. The van der Waals surface area contributed by atoms with E-state index in [1.54, 1.807) is 17.4 Å². The topological polar surface area (TPSA) is 87.7 Å². The second-order valence-electron chi connectivity index (χ2n) is 6.49. The molecule has 0 N–H and O–H groups in total. The summed E-state index contributed by atoms with van der Waals surface area (Å²) < 4.78 is 51.3. The fraction of sp³-hybridized carbons (Fsp3) is 0.471. The van der Waals surface area contributed by atoms with Crippen molar-refractivity contribution in [3.8, 4) is 0 Å². The Bertz CT molecular complexity index is 1010. The van der Waals surface area contributed by atoms with Crippen LogP contribution < -0.4 is 0 Å². The highest BCUT2D eigenvalue weighted by atomic mass is 32.2. The molecular formula is C17H23N3O4S3. The van der Waals surface area contributed by atoms with Crippen molar-refractivity contribution >= 4 is 31.2 Å². The fourth-order valence-corrected chi connectivity index (χ4v) is 6.81. The van der Waals surface area contributed by atoms with E-state index in [9.17, 15) is 16.8 Å². The van der Waals surface area contributed by atoms with Gasteiger partial charge in [-0.25, -0.2) is 21.8 Å². The number of thiazole rings is 1. The van der Waals surface area contributed by atoms with Crippen molar-refractivity contribution in [2.24, 2.45) is 0 Å². The number of aromatic nitrogens is 1. The number of rotatable bonds is 6. The van der Waals surface area contributed by atoms with Crippen LogP contribution in [0.5, 0.6) is 0 Å². The van der Waals surface area contributed by atoms with Crippen molar-refractivity contribution < 1.29 is 16.8 Å². The second kappa shape index (κ2) is 7.96. The van der Waals surface area contributed by atoms with E-state index in [4.69, 9.17) is 0 Å². The molecular weight excluding hydrogens is 406 g/mol. The zero-order valence-corrected chi connectivity index (χ0v) is 17.8. The summed E-state index contributed by atoms with van der Waals surface area (Å²) in [6.45, 7) is 4.58. The van der Waals surface area contributed by atoms with Crippen LogP contribution in [0.25, 0.3) is 0 Å². The maximum atomic E-state index is 13.0. The predicted octanol–water partition coefficient (Wildman–Crippen LogP) is 1.62. The van der Waals surface area contributed by atoms with Crippen molar-refractivity contribution in [2.45, 2.75) is 29.7 Å². The quantitative estimate of drug-likeness (QED) is 0.693. The first-order chi connectivity index (χ1) is 12.7. The van der Waals surface area contributed by atoms with Crippen molar-refractivity contribution in [1.82, 2.24) is 14.2 Å². The maximum absolute atomic E-state index is 13.0. The lowest BCUT2D eigenvalue weighted by Gasteiger charge is -2.33. The average molecular weight is 430 g/mol. The Kier molecular flexibility index (Phi) is 6.02. The third-order valence-corrected chi connectivity index (χ3v) is 8.77. The molecule has 0 radical (unpaired) electrons. The molecule has 0 saturated carbocycles. The van der Waals surface area contributed by atoms with Gasteiger partial charge >= 0.3 is 0 Å². The molecule has 0 atom stereocenters. The molecule has 10 heteroatoms. The molecule has 1 aliphatic rings. The summed E-state index contributed by atoms with van der Waals surface area (Å²) in [6.07, 6.45) is 1.94. The lowest BCUT2D eigenvalue weighted by molar-refractivity contribution is 0.180. The zero-order chi connectivity index (χ0) is 19.7. The van der Waals surface area contributed by atoms with Gasteiger partial charge in [0.1, 0.15) is 4.90 Å². The molecule has 0 bridgehead atoms. The van der Waals surface area contributed by atoms with Gasteiger partial charge in [0.2, 0.25) is 10.0 Å². The second-order valence-corrected chi connectivity index (χ2v) is 11.3. The van der Waals surface area contributed by atoms with Gasteiger partial charge < -0.3 is 0 Å². The molecule has 0 amide bonds. The molecule has 0 unspecified atom stereocenters. The number of hydrogen-bond acceptors (Lipinski definition) is 7. The van der Waals surface area contributed by atoms with Gasteiger partial charge in [-0.05, 0) is 18.6 Å². The van der Waals surface area contributed by atoms with Gasteiger partial charge in [0.15, 0.2) is 9.84 Å².